The van der Waals surface area contributed by atoms with Crippen molar-refractivity contribution in [1.82, 2.24) is 10.6 Å². The third-order valence-electron chi connectivity index (χ3n) is 4.26. The Labute approximate surface area is 123 Å². The van der Waals surface area contributed by atoms with Crippen LogP contribution in [0.25, 0.3) is 0 Å². The van der Waals surface area contributed by atoms with Gasteiger partial charge in [0.25, 0.3) is 0 Å². The van der Waals surface area contributed by atoms with Crippen molar-refractivity contribution in [3.63, 3.8) is 0 Å². The molecule has 0 bridgehead atoms. The zero-order chi connectivity index (χ0) is 14.0. The highest BCUT2D eigenvalue weighted by molar-refractivity contribution is 7.33. The molecule has 0 aromatic rings. The van der Waals surface area contributed by atoms with Crippen LogP contribution in [-0.4, -0.2) is 39.4 Å². The maximum atomic E-state index is 11.8. The topological polar surface area (TPSA) is 59.6 Å². The van der Waals surface area contributed by atoms with E-state index in [1.54, 1.807) is 0 Å². The van der Waals surface area contributed by atoms with Crippen LogP contribution in [0.3, 0.4) is 0 Å². The largest absolute Gasteiger partial charge is 0.319 e. The van der Waals surface area contributed by atoms with Gasteiger partial charge in [-0.15, -0.1) is 0 Å². The van der Waals surface area contributed by atoms with Crippen molar-refractivity contribution in [3.8, 4) is 0 Å². The zero-order valence-corrected chi connectivity index (χ0v) is 13.4. The summed E-state index contributed by atoms with van der Waals surface area (Å²) in [7, 11) is -2.30. The van der Waals surface area contributed by atoms with Crippen LogP contribution < -0.4 is 10.6 Å². The first-order chi connectivity index (χ1) is 9.84. The Kier molecular flexibility index (Phi) is 8.14. The summed E-state index contributed by atoms with van der Waals surface area (Å²) in [5.74, 6) is 1.06. The highest BCUT2D eigenvalue weighted by atomic mass is 31.1. The van der Waals surface area contributed by atoms with Crippen LogP contribution in [-0.2, 0) is 13.6 Å². The summed E-state index contributed by atoms with van der Waals surface area (Å²) >= 11 is 0. The van der Waals surface area contributed by atoms with Gasteiger partial charge in [0.05, 0.1) is 13.2 Å². The molecule has 0 amide bonds. The van der Waals surface area contributed by atoms with Crippen molar-refractivity contribution < 1.29 is 13.6 Å². The van der Waals surface area contributed by atoms with Gasteiger partial charge in [0, 0.05) is 0 Å². The lowest BCUT2D eigenvalue weighted by molar-refractivity contribution is 0.169. The Morgan fingerprint density at radius 1 is 0.800 bits per heavy atom. The van der Waals surface area contributed by atoms with E-state index in [-0.39, 0.29) is 0 Å². The molecule has 0 radical (unpaired) electrons. The Hall–Kier alpha value is 0.0700. The maximum Gasteiger partial charge on any atom is 0.319 e. The van der Waals surface area contributed by atoms with Gasteiger partial charge in [-0.25, -0.2) is 0 Å². The molecule has 2 aliphatic rings. The lowest BCUT2D eigenvalue weighted by Crippen LogP contribution is -2.15. The molecule has 2 unspecified atom stereocenters. The average molecular weight is 304 g/mol. The minimum atomic E-state index is -2.30. The van der Waals surface area contributed by atoms with Gasteiger partial charge in [-0.05, 0) is 76.5 Å². The van der Waals surface area contributed by atoms with Crippen LogP contribution in [0.15, 0.2) is 0 Å². The number of nitrogens with one attached hydrogen (secondary N) is 2. The zero-order valence-electron chi connectivity index (χ0n) is 12.4. The van der Waals surface area contributed by atoms with Gasteiger partial charge in [0.15, 0.2) is 0 Å². The van der Waals surface area contributed by atoms with E-state index in [1.165, 1.54) is 12.8 Å². The molecule has 2 fully saturated rings. The van der Waals surface area contributed by atoms with E-state index in [9.17, 15) is 4.57 Å². The summed E-state index contributed by atoms with van der Waals surface area (Å²) in [6, 6.07) is 0. The van der Waals surface area contributed by atoms with Gasteiger partial charge in [0.1, 0.15) is 0 Å². The predicted octanol–water partition coefficient (Wildman–Crippen LogP) is 2.19. The van der Waals surface area contributed by atoms with Crippen LogP contribution in [0.4, 0.5) is 0 Å². The fraction of sp³-hybridized carbons (Fsp3) is 1.00. The standard InChI is InChI=1S/C14H29N2O3P/c17-20(18-11-13-3-1-7-15-9-5-13)19-12-14-4-2-8-16-10-6-14/h13-16,20H,1-12H2. The van der Waals surface area contributed by atoms with E-state index in [0.29, 0.717) is 25.0 Å². The minimum absolute atomic E-state index is 0.532. The van der Waals surface area contributed by atoms with Crippen molar-refractivity contribution in [2.75, 3.05) is 39.4 Å². The van der Waals surface area contributed by atoms with Crippen LogP contribution in [0, 0.1) is 11.8 Å². The second-order valence-corrected chi connectivity index (χ2v) is 7.04. The molecule has 2 rings (SSSR count). The monoisotopic (exact) mass is 304 g/mol. The highest BCUT2D eigenvalue weighted by Crippen LogP contribution is 2.29. The molecule has 0 aromatic heterocycles. The molecule has 6 heteroatoms. The second kappa shape index (κ2) is 9.91. The van der Waals surface area contributed by atoms with Crippen molar-refractivity contribution >= 4 is 8.25 Å². The van der Waals surface area contributed by atoms with Crippen LogP contribution in [0.1, 0.15) is 38.5 Å². The lowest BCUT2D eigenvalue weighted by Gasteiger charge is -2.16. The van der Waals surface area contributed by atoms with Crippen molar-refractivity contribution in [2.24, 2.45) is 11.8 Å². The molecule has 0 spiro atoms. The molecule has 2 N–H and O–H groups in total. The summed E-state index contributed by atoms with van der Waals surface area (Å²) in [5.41, 5.74) is 0. The van der Waals surface area contributed by atoms with E-state index in [4.69, 9.17) is 9.05 Å². The Morgan fingerprint density at radius 3 is 1.80 bits per heavy atom. The van der Waals surface area contributed by atoms with Gasteiger partial charge in [-0.2, -0.15) is 0 Å². The van der Waals surface area contributed by atoms with E-state index < -0.39 is 8.25 Å². The molecule has 2 heterocycles. The Bertz CT molecular complexity index is 250. The average Bonchev–Trinajstić information content (AvgIpc) is 2.87. The SMILES string of the molecule is O=[PH](OCC1CCCNCC1)OCC1CCCNCC1. The third-order valence-corrected chi connectivity index (χ3v) is 5.07. The number of hydrogen-bond acceptors (Lipinski definition) is 5. The molecule has 2 aliphatic heterocycles. The summed E-state index contributed by atoms with van der Waals surface area (Å²) in [5, 5.41) is 6.75. The summed E-state index contributed by atoms with van der Waals surface area (Å²) < 4.78 is 22.7. The van der Waals surface area contributed by atoms with E-state index >= 15 is 0 Å². The molecule has 118 valence electrons. The fourth-order valence-corrected chi connectivity index (χ4v) is 3.76. The van der Waals surface area contributed by atoms with Gasteiger partial charge in [-0.3, -0.25) is 4.57 Å². The number of hydrogen-bond donors (Lipinski definition) is 2. The maximum absolute atomic E-state index is 11.8. The first kappa shape index (κ1) is 16.4. The van der Waals surface area contributed by atoms with Crippen LogP contribution in [0.2, 0.25) is 0 Å². The third kappa shape index (κ3) is 6.68. The minimum Gasteiger partial charge on any atom is -0.317 e. The lowest BCUT2D eigenvalue weighted by atomic mass is 10.0. The smallest absolute Gasteiger partial charge is 0.317 e. The van der Waals surface area contributed by atoms with Crippen LogP contribution in [0.5, 0.6) is 0 Å². The molecule has 5 nitrogen and oxygen atoms in total. The number of rotatable bonds is 6. The molecule has 20 heavy (non-hydrogen) atoms. The van der Waals surface area contributed by atoms with Gasteiger partial charge >= 0.3 is 8.25 Å². The Morgan fingerprint density at radius 2 is 1.30 bits per heavy atom. The first-order valence-electron chi connectivity index (χ1n) is 8.05. The molecular formula is C14H29N2O3P. The fourth-order valence-electron chi connectivity index (χ4n) is 2.93. The van der Waals surface area contributed by atoms with E-state index in [2.05, 4.69) is 10.6 Å². The molecule has 0 aromatic carbocycles. The summed E-state index contributed by atoms with van der Waals surface area (Å²) in [6.45, 7) is 5.46. The molecular weight excluding hydrogens is 275 g/mol. The normalized spacial score (nSPS) is 30.4. The van der Waals surface area contributed by atoms with Gasteiger partial charge < -0.3 is 19.7 Å². The molecule has 2 saturated heterocycles. The molecule has 2 atom stereocenters. The predicted molar refractivity (Wildman–Crippen MR) is 81.3 cm³/mol. The van der Waals surface area contributed by atoms with Gasteiger partial charge in [-0.1, -0.05) is 0 Å². The van der Waals surface area contributed by atoms with Gasteiger partial charge in [0.2, 0.25) is 0 Å². The van der Waals surface area contributed by atoms with Crippen molar-refractivity contribution in [1.29, 1.82) is 0 Å². The van der Waals surface area contributed by atoms with E-state index in [1.807, 2.05) is 0 Å². The van der Waals surface area contributed by atoms with Crippen molar-refractivity contribution in [2.45, 2.75) is 38.5 Å². The quantitative estimate of drug-likeness (QED) is 0.737. The van der Waals surface area contributed by atoms with Crippen molar-refractivity contribution in [3.05, 3.63) is 0 Å². The van der Waals surface area contributed by atoms with E-state index in [0.717, 1.165) is 51.9 Å². The summed E-state index contributed by atoms with van der Waals surface area (Å²) in [6.07, 6.45) is 6.93. The Balaban J connectivity index is 1.57. The van der Waals surface area contributed by atoms with Crippen LogP contribution >= 0.6 is 8.25 Å². The summed E-state index contributed by atoms with van der Waals surface area (Å²) in [4.78, 5) is 0. The second-order valence-electron chi connectivity index (χ2n) is 5.97. The molecule has 0 saturated carbocycles. The highest BCUT2D eigenvalue weighted by Gasteiger charge is 2.16. The first-order valence-corrected chi connectivity index (χ1v) is 9.28. The molecule has 0 aliphatic carbocycles.